The van der Waals surface area contributed by atoms with Crippen molar-refractivity contribution in [2.45, 2.75) is 0 Å². The van der Waals surface area contributed by atoms with Crippen LogP contribution >= 0.6 is 0 Å². The molecule has 39 heavy (non-hydrogen) atoms. The molecule has 0 saturated carbocycles. The smallest absolute Gasteiger partial charge is 0.228 e. The third kappa shape index (κ3) is 4.98. The topological polar surface area (TPSA) is 134 Å². The molecular formula is C29H22N8O2. The molecule has 3 N–H and O–H groups in total. The van der Waals surface area contributed by atoms with Gasteiger partial charge in [-0.05, 0) is 48.5 Å². The quantitative estimate of drug-likeness (QED) is 0.274. The number of nitrogens with two attached hydrogens (primary N) is 1. The van der Waals surface area contributed by atoms with Gasteiger partial charge in [-0.15, -0.1) is 10.2 Å². The minimum atomic E-state index is 0.182. The van der Waals surface area contributed by atoms with Crippen LogP contribution in [0.25, 0.3) is 33.4 Å². The van der Waals surface area contributed by atoms with Gasteiger partial charge in [0.05, 0.1) is 24.1 Å². The molecule has 4 aromatic heterocycles. The molecule has 0 unspecified atom stereocenters. The number of rotatable bonds is 7. The highest BCUT2D eigenvalue weighted by Gasteiger charge is 2.14. The van der Waals surface area contributed by atoms with Crippen molar-refractivity contribution in [2.75, 3.05) is 18.2 Å². The second-order valence-corrected chi connectivity index (χ2v) is 8.42. The van der Waals surface area contributed by atoms with Crippen LogP contribution in [0.5, 0.6) is 17.5 Å². The van der Waals surface area contributed by atoms with Crippen molar-refractivity contribution in [1.82, 2.24) is 30.1 Å². The fraction of sp³-hybridized carbons (Fsp3) is 0.0345. The summed E-state index contributed by atoms with van der Waals surface area (Å²) in [5, 5.41) is 14.1. The van der Waals surface area contributed by atoms with Crippen molar-refractivity contribution >= 4 is 28.2 Å². The molecule has 0 bridgehead atoms. The van der Waals surface area contributed by atoms with Gasteiger partial charge in [0.1, 0.15) is 11.4 Å². The van der Waals surface area contributed by atoms with Crippen molar-refractivity contribution in [3.05, 3.63) is 97.3 Å². The number of aromatic nitrogens is 6. The number of nitrogen functional groups attached to an aromatic ring is 1. The molecule has 0 fully saturated rings. The van der Waals surface area contributed by atoms with E-state index in [1.165, 1.54) is 0 Å². The third-order valence-corrected chi connectivity index (χ3v) is 5.92. The van der Waals surface area contributed by atoms with Crippen molar-refractivity contribution < 1.29 is 9.47 Å². The van der Waals surface area contributed by atoms with E-state index < -0.39 is 0 Å². The first-order valence-corrected chi connectivity index (χ1v) is 12.0. The molecule has 6 rings (SSSR count). The zero-order valence-electron chi connectivity index (χ0n) is 20.8. The van der Waals surface area contributed by atoms with Crippen LogP contribution in [-0.4, -0.2) is 37.2 Å². The SMILES string of the molecule is COc1cccc(-c2nnc(Nc3ccc(Oc4ncccc4-c4ccnc(N)n4)cc3)c3ccccc23)n1. The summed E-state index contributed by atoms with van der Waals surface area (Å²) in [4.78, 5) is 17.1. The lowest BCUT2D eigenvalue weighted by Gasteiger charge is -2.12. The molecule has 6 aromatic rings. The first-order chi connectivity index (χ1) is 19.2. The number of fused-ring (bicyclic) bond motifs is 1. The van der Waals surface area contributed by atoms with Crippen LogP contribution < -0.4 is 20.5 Å². The second kappa shape index (κ2) is 10.4. The van der Waals surface area contributed by atoms with E-state index >= 15 is 0 Å². The lowest BCUT2D eigenvalue weighted by molar-refractivity contribution is 0.398. The lowest BCUT2D eigenvalue weighted by atomic mass is 10.1. The number of pyridine rings is 2. The maximum atomic E-state index is 6.08. The first kappa shape index (κ1) is 23.7. The van der Waals surface area contributed by atoms with Gasteiger partial charge in [-0.3, -0.25) is 0 Å². The fourth-order valence-electron chi connectivity index (χ4n) is 4.09. The van der Waals surface area contributed by atoms with Crippen LogP contribution in [0.4, 0.5) is 17.5 Å². The van der Waals surface area contributed by atoms with Crippen molar-refractivity contribution in [2.24, 2.45) is 0 Å². The molecule has 0 aliphatic carbocycles. The Kier molecular flexibility index (Phi) is 6.32. The van der Waals surface area contributed by atoms with E-state index in [1.807, 2.05) is 72.8 Å². The van der Waals surface area contributed by atoms with E-state index in [1.54, 1.807) is 31.6 Å². The van der Waals surface area contributed by atoms with Gasteiger partial charge < -0.3 is 20.5 Å². The van der Waals surface area contributed by atoms with Gasteiger partial charge in [0.25, 0.3) is 0 Å². The highest BCUT2D eigenvalue weighted by molar-refractivity contribution is 6.00. The lowest BCUT2D eigenvalue weighted by Crippen LogP contribution is -2.00. The van der Waals surface area contributed by atoms with E-state index in [2.05, 4.69) is 35.5 Å². The average molecular weight is 515 g/mol. The van der Waals surface area contributed by atoms with Crippen molar-refractivity contribution in [1.29, 1.82) is 0 Å². The number of benzene rings is 2. The number of ether oxygens (including phenoxy) is 2. The standard InChI is InChI=1S/C29H22N8O2/c1-38-25-10-4-9-24(34-25)26-20-6-2-3-7-21(20)27(37-36-26)33-18-11-13-19(14-12-18)39-28-22(8-5-16-31-28)23-15-17-32-29(30)35-23/h2-17H,1H3,(H,33,37)(H2,30,32,35). The summed E-state index contributed by atoms with van der Waals surface area (Å²) in [6.07, 6.45) is 3.26. The van der Waals surface area contributed by atoms with Gasteiger partial charge in [-0.25, -0.2) is 19.9 Å². The molecule has 2 aromatic carbocycles. The number of nitrogens with zero attached hydrogens (tertiary/aromatic N) is 6. The molecule has 4 heterocycles. The molecule has 0 saturated heterocycles. The van der Waals surface area contributed by atoms with Crippen molar-refractivity contribution in [3.8, 4) is 40.2 Å². The van der Waals surface area contributed by atoms with E-state index in [-0.39, 0.29) is 5.95 Å². The zero-order valence-corrected chi connectivity index (χ0v) is 20.8. The summed E-state index contributed by atoms with van der Waals surface area (Å²) < 4.78 is 11.4. The van der Waals surface area contributed by atoms with Gasteiger partial charge in [0.2, 0.25) is 17.7 Å². The van der Waals surface area contributed by atoms with Gasteiger partial charge in [-0.1, -0.05) is 30.3 Å². The fourth-order valence-corrected chi connectivity index (χ4v) is 4.09. The van der Waals surface area contributed by atoms with Gasteiger partial charge in [0.15, 0.2) is 5.82 Å². The maximum Gasteiger partial charge on any atom is 0.228 e. The first-order valence-electron chi connectivity index (χ1n) is 12.0. The average Bonchev–Trinajstić information content (AvgIpc) is 2.98. The summed E-state index contributed by atoms with van der Waals surface area (Å²) in [6, 6.07) is 26.4. The van der Waals surface area contributed by atoms with E-state index in [0.29, 0.717) is 46.0 Å². The Morgan fingerprint density at radius 3 is 2.38 bits per heavy atom. The number of hydrogen-bond acceptors (Lipinski definition) is 10. The molecule has 190 valence electrons. The molecule has 10 nitrogen and oxygen atoms in total. The summed E-state index contributed by atoms with van der Waals surface area (Å²) in [5.41, 5.74) is 9.27. The maximum absolute atomic E-state index is 6.08. The highest BCUT2D eigenvalue weighted by Crippen LogP contribution is 2.33. The Hall–Kier alpha value is -5.64. The number of anilines is 3. The van der Waals surface area contributed by atoms with Crippen molar-refractivity contribution in [3.63, 3.8) is 0 Å². The predicted molar refractivity (Wildman–Crippen MR) is 149 cm³/mol. The van der Waals surface area contributed by atoms with Gasteiger partial charge in [0, 0.05) is 34.9 Å². The molecule has 0 amide bonds. The van der Waals surface area contributed by atoms with Crippen LogP contribution in [-0.2, 0) is 0 Å². The summed E-state index contributed by atoms with van der Waals surface area (Å²) in [6.45, 7) is 0. The molecule has 0 spiro atoms. The number of methoxy groups -OCH3 is 1. The largest absolute Gasteiger partial charge is 0.481 e. The van der Waals surface area contributed by atoms with E-state index in [9.17, 15) is 0 Å². The molecule has 0 atom stereocenters. The molecule has 0 radical (unpaired) electrons. The highest BCUT2D eigenvalue weighted by atomic mass is 16.5. The predicted octanol–water partition coefficient (Wildman–Crippen LogP) is 5.67. The monoisotopic (exact) mass is 514 g/mol. The molecule has 0 aliphatic rings. The molecular weight excluding hydrogens is 492 g/mol. The summed E-state index contributed by atoms with van der Waals surface area (Å²) in [5.74, 6) is 2.34. The number of nitrogens with one attached hydrogen (secondary N) is 1. The van der Waals surface area contributed by atoms with E-state index in [0.717, 1.165) is 16.5 Å². The van der Waals surface area contributed by atoms with Crippen LogP contribution in [0.15, 0.2) is 97.3 Å². The minimum Gasteiger partial charge on any atom is -0.481 e. The summed E-state index contributed by atoms with van der Waals surface area (Å²) >= 11 is 0. The van der Waals surface area contributed by atoms with E-state index in [4.69, 9.17) is 15.2 Å². The Morgan fingerprint density at radius 1 is 0.718 bits per heavy atom. The molecule has 0 aliphatic heterocycles. The zero-order chi connectivity index (χ0) is 26.6. The van der Waals surface area contributed by atoms with Crippen LogP contribution in [0.3, 0.4) is 0 Å². The van der Waals surface area contributed by atoms with Crippen LogP contribution in [0.2, 0.25) is 0 Å². The third-order valence-electron chi connectivity index (χ3n) is 5.92. The minimum absolute atomic E-state index is 0.182. The normalized spacial score (nSPS) is 10.8. The summed E-state index contributed by atoms with van der Waals surface area (Å²) in [7, 11) is 1.59. The number of hydrogen-bond donors (Lipinski definition) is 2. The van der Waals surface area contributed by atoms with Crippen LogP contribution in [0.1, 0.15) is 0 Å². The Morgan fingerprint density at radius 2 is 1.56 bits per heavy atom. The van der Waals surface area contributed by atoms with Gasteiger partial charge in [-0.2, -0.15) is 0 Å². The second-order valence-electron chi connectivity index (χ2n) is 8.42. The van der Waals surface area contributed by atoms with Gasteiger partial charge >= 0.3 is 0 Å². The Labute approximate surface area is 223 Å². The van der Waals surface area contributed by atoms with Crippen LogP contribution in [0, 0.1) is 0 Å². The Balaban J connectivity index is 1.26. The molecule has 10 heteroatoms. The Bertz CT molecular complexity index is 1780.